The zero-order valence-electron chi connectivity index (χ0n) is 16.8. The predicted molar refractivity (Wildman–Crippen MR) is 116 cm³/mol. The van der Waals surface area contributed by atoms with E-state index in [0.717, 1.165) is 17.8 Å². The van der Waals surface area contributed by atoms with Crippen molar-refractivity contribution in [3.8, 4) is 0 Å². The number of pyridine rings is 2. The van der Waals surface area contributed by atoms with Crippen LogP contribution in [0.4, 0.5) is 11.6 Å². The molecule has 29 heavy (non-hydrogen) atoms. The first-order valence-electron chi connectivity index (χ1n) is 9.44. The summed E-state index contributed by atoms with van der Waals surface area (Å²) in [6, 6.07) is 10.7. The van der Waals surface area contributed by atoms with Crippen LogP contribution in [0.5, 0.6) is 0 Å². The molecule has 2 heterocycles. The Morgan fingerprint density at radius 1 is 0.793 bits per heavy atom. The lowest BCUT2D eigenvalue weighted by atomic mass is 10.2. The molecule has 0 bridgehead atoms. The van der Waals surface area contributed by atoms with E-state index in [-0.39, 0.29) is 24.7 Å². The van der Waals surface area contributed by atoms with E-state index in [9.17, 15) is 9.59 Å². The third kappa shape index (κ3) is 9.37. The molecule has 2 rings (SSSR count). The number of carbonyl (C=O) groups excluding carboxylic acids is 2. The quantitative estimate of drug-likeness (QED) is 0.476. The molecule has 0 aromatic carbocycles. The maximum Gasteiger partial charge on any atom is 0.231 e. The fraction of sp³-hybridized carbons (Fsp3) is 0.333. The van der Waals surface area contributed by atoms with Crippen LogP contribution in [0.1, 0.15) is 33.1 Å². The Labute approximate surface area is 170 Å². The molecule has 8 heteroatoms. The van der Waals surface area contributed by atoms with Gasteiger partial charge in [-0.2, -0.15) is 0 Å². The Hall–Kier alpha value is -3.42. The van der Waals surface area contributed by atoms with Crippen LogP contribution < -0.4 is 10.6 Å². The predicted octanol–water partition coefficient (Wildman–Crippen LogP) is 3.15. The molecule has 0 radical (unpaired) electrons. The summed E-state index contributed by atoms with van der Waals surface area (Å²) in [4.78, 5) is 40.8. The van der Waals surface area contributed by atoms with E-state index in [1.807, 2.05) is 26.0 Å². The van der Waals surface area contributed by atoms with Crippen LogP contribution in [0.3, 0.4) is 0 Å². The Morgan fingerprint density at radius 2 is 1.24 bits per heavy atom. The summed E-state index contributed by atoms with van der Waals surface area (Å²) in [7, 11) is 0. The largest absolute Gasteiger partial charge is 0.310 e. The highest BCUT2D eigenvalue weighted by atomic mass is 16.2. The molecule has 0 aliphatic carbocycles. The second kappa shape index (κ2) is 12.1. The number of rotatable bonds is 10. The summed E-state index contributed by atoms with van der Waals surface area (Å²) in [5, 5.41) is 5.46. The van der Waals surface area contributed by atoms with Gasteiger partial charge < -0.3 is 10.6 Å². The molecule has 2 aromatic heterocycles. The van der Waals surface area contributed by atoms with E-state index < -0.39 is 0 Å². The Kier molecular flexibility index (Phi) is 9.14. The van der Waals surface area contributed by atoms with Crippen LogP contribution in [0, 0.1) is 0 Å². The van der Waals surface area contributed by atoms with E-state index >= 15 is 0 Å². The van der Waals surface area contributed by atoms with Gasteiger partial charge >= 0.3 is 0 Å². The number of amides is 2. The van der Waals surface area contributed by atoms with Crippen molar-refractivity contribution in [2.45, 2.75) is 33.1 Å². The summed E-state index contributed by atoms with van der Waals surface area (Å²) in [6.45, 7) is 4.82. The van der Waals surface area contributed by atoms with Gasteiger partial charge in [0.25, 0.3) is 0 Å². The molecule has 0 atom stereocenters. The minimum absolute atomic E-state index is 0.141. The molecular formula is C21H26N6O2. The van der Waals surface area contributed by atoms with E-state index in [1.165, 1.54) is 0 Å². The second-order valence-electron chi connectivity index (χ2n) is 6.47. The van der Waals surface area contributed by atoms with Crippen molar-refractivity contribution < 1.29 is 9.59 Å². The minimum atomic E-state index is -0.141. The van der Waals surface area contributed by atoms with Crippen molar-refractivity contribution in [3.05, 3.63) is 48.8 Å². The van der Waals surface area contributed by atoms with Crippen molar-refractivity contribution in [2.24, 2.45) is 9.98 Å². The van der Waals surface area contributed by atoms with Crippen LogP contribution in [0.25, 0.3) is 0 Å². The average Bonchev–Trinajstić information content (AvgIpc) is 2.69. The molecule has 152 valence electrons. The molecule has 0 spiro atoms. The first kappa shape index (κ1) is 21.9. The average molecular weight is 394 g/mol. The highest BCUT2D eigenvalue weighted by Crippen LogP contribution is 2.02. The number of nitrogens with zero attached hydrogens (tertiary/aromatic N) is 4. The lowest BCUT2D eigenvalue weighted by Gasteiger charge is -2.04. The molecular weight excluding hydrogens is 368 g/mol. The highest BCUT2D eigenvalue weighted by Gasteiger charge is 2.06. The Morgan fingerprint density at radius 3 is 1.62 bits per heavy atom. The SMILES string of the molecule is CC(CC(=O)Nc1ccccn1)=NCCCN=C(C)CC(=O)Nc1ccccn1. The fourth-order valence-electron chi connectivity index (χ4n) is 2.43. The summed E-state index contributed by atoms with van der Waals surface area (Å²) in [5.41, 5.74) is 1.52. The fourth-order valence-corrected chi connectivity index (χ4v) is 2.43. The van der Waals surface area contributed by atoms with Gasteiger partial charge in [-0.3, -0.25) is 19.6 Å². The maximum absolute atomic E-state index is 11.9. The molecule has 2 N–H and O–H groups in total. The summed E-state index contributed by atoms with van der Waals surface area (Å²) < 4.78 is 0. The molecule has 2 amide bonds. The van der Waals surface area contributed by atoms with E-state index in [0.29, 0.717) is 24.7 Å². The van der Waals surface area contributed by atoms with Gasteiger partial charge in [-0.05, 0) is 44.5 Å². The van der Waals surface area contributed by atoms with Gasteiger partial charge in [0.2, 0.25) is 11.8 Å². The van der Waals surface area contributed by atoms with Crippen molar-refractivity contribution in [1.29, 1.82) is 0 Å². The van der Waals surface area contributed by atoms with Gasteiger partial charge in [-0.1, -0.05) is 12.1 Å². The first-order valence-corrected chi connectivity index (χ1v) is 9.44. The number of aliphatic imine (C=N–C) groups is 2. The van der Waals surface area contributed by atoms with E-state index in [1.54, 1.807) is 36.7 Å². The van der Waals surface area contributed by atoms with Crippen molar-refractivity contribution in [3.63, 3.8) is 0 Å². The summed E-state index contributed by atoms with van der Waals surface area (Å²) in [5.74, 6) is 0.778. The number of aromatic nitrogens is 2. The number of hydrogen-bond donors (Lipinski definition) is 2. The molecule has 0 saturated carbocycles. The standard InChI is InChI=1S/C21H26N6O2/c1-16(14-20(28)26-18-8-3-5-10-24-18)22-12-7-13-23-17(2)15-21(29)27-19-9-4-6-11-25-19/h3-6,8-11H,7,12-15H2,1-2H3,(H,24,26,28)(H,25,27,29). The van der Waals surface area contributed by atoms with Crippen molar-refractivity contribution >= 4 is 34.9 Å². The number of anilines is 2. The third-order valence-electron chi connectivity index (χ3n) is 3.78. The van der Waals surface area contributed by atoms with Crippen LogP contribution in [-0.2, 0) is 9.59 Å². The number of carbonyl (C=O) groups is 2. The van der Waals surface area contributed by atoms with Crippen LogP contribution in [-0.4, -0.2) is 46.3 Å². The minimum Gasteiger partial charge on any atom is -0.310 e. The summed E-state index contributed by atoms with van der Waals surface area (Å²) >= 11 is 0. The molecule has 0 aliphatic rings. The van der Waals surface area contributed by atoms with Gasteiger partial charge in [0.05, 0.1) is 12.8 Å². The number of nitrogens with one attached hydrogen (secondary N) is 2. The third-order valence-corrected chi connectivity index (χ3v) is 3.78. The molecule has 0 unspecified atom stereocenters. The summed E-state index contributed by atoms with van der Waals surface area (Å²) in [6.07, 6.45) is 4.46. The molecule has 8 nitrogen and oxygen atoms in total. The zero-order valence-corrected chi connectivity index (χ0v) is 16.8. The van der Waals surface area contributed by atoms with Crippen molar-refractivity contribution in [1.82, 2.24) is 9.97 Å². The second-order valence-corrected chi connectivity index (χ2v) is 6.47. The van der Waals surface area contributed by atoms with Crippen LogP contribution >= 0.6 is 0 Å². The van der Waals surface area contributed by atoms with Gasteiger partial charge in [-0.25, -0.2) is 9.97 Å². The van der Waals surface area contributed by atoms with Gasteiger partial charge in [-0.15, -0.1) is 0 Å². The van der Waals surface area contributed by atoms with Gasteiger partial charge in [0.15, 0.2) is 0 Å². The molecule has 2 aromatic rings. The highest BCUT2D eigenvalue weighted by molar-refractivity contribution is 6.05. The monoisotopic (exact) mass is 394 g/mol. The Bertz CT molecular complexity index is 778. The molecule has 0 aliphatic heterocycles. The Balaban J connectivity index is 1.64. The smallest absolute Gasteiger partial charge is 0.231 e. The zero-order chi connectivity index (χ0) is 20.9. The lowest BCUT2D eigenvalue weighted by Crippen LogP contribution is -2.16. The van der Waals surface area contributed by atoms with Crippen LogP contribution in [0.2, 0.25) is 0 Å². The van der Waals surface area contributed by atoms with Gasteiger partial charge in [0.1, 0.15) is 11.6 Å². The maximum atomic E-state index is 11.9. The van der Waals surface area contributed by atoms with E-state index in [4.69, 9.17) is 0 Å². The van der Waals surface area contributed by atoms with E-state index in [2.05, 4.69) is 30.6 Å². The van der Waals surface area contributed by atoms with Gasteiger partial charge in [0, 0.05) is 36.9 Å². The molecule has 0 saturated heterocycles. The van der Waals surface area contributed by atoms with Crippen molar-refractivity contribution in [2.75, 3.05) is 23.7 Å². The number of hydrogen-bond acceptors (Lipinski definition) is 6. The van der Waals surface area contributed by atoms with Crippen LogP contribution in [0.15, 0.2) is 58.8 Å². The lowest BCUT2D eigenvalue weighted by molar-refractivity contribution is -0.116. The topological polar surface area (TPSA) is 109 Å². The molecule has 0 fully saturated rings. The normalized spacial score (nSPS) is 11.8. The first-order chi connectivity index (χ1) is 14.0.